The van der Waals surface area contributed by atoms with Gasteiger partial charge in [0.15, 0.2) is 0 Å². The Labute approximate surface area is 126 Å². The molecule has 2 unspecified atom stereocenters. The largest absolute Gasteiger partial charge is 0.393 e. The topological polar surface area (TPSA) is 26.7 Å². The summed E-state index contributed by atoms with van der Waals surface area (Å²) in [5, 5.41) is 10.8. The molecule has 1 aromatic rings. The van der Waals surface area contributed by atoms with Crippen LogP contribution >= 0.6 is 11.6 Å². The SMILES string of the molecule is OC1CCCC1CN1CCN(c2ccccc2Cl)CC1. The van der Waals surface area contributed by atoms with Gasteiger partial charge in [0.05, 0.1) is 16.8 Å². The lowest BCUT2D eigenvalue weighted by molar-refractivity contribution is 0.0997. The van der Waals surface area contributed by atoms with E-state index >= 15 is 0 Å². The molecule has 110 valence electrons. The predicted octanol–water partition coefficient (Wildman–Crippen LogP) is 2.62. The van der Waals surface area contributed by atoms with Crippen molar-refractivity contribution in [3.05, 3.63) is 29.3 Å². The van der Waals surface area contributed by atoms with Gasteiger partial charge in [-0.25, -0.2) is 0 Å². The molecule has 0 bridgehead atoms. The van der Waals surface area contributed by atoms with Crippen molar-refractivity contribution in [2.75, 3.05) is 37.6 Å². The first-order valence-corrected chi connectivity index (χ1v) is 8.02. The summed E-state index contributed by atoms with van der Waals surface area (Å²) in [4.78, 5) is 4.86. The van der Waals surface area contributed by atoms with Crippen molar-refractivity contribution in [3.63, 3.8) is 0 Å². The van der Waals surface area contributed by atoms with Crippen molar-refractivity contribution in [2.24, 2.45) is 5.92 Å². The van der Waals surface area contributed by atoms with Crippen molar-refractivity contribution < 1.29 is 5.11 Å². The zero-order valence-corrected chi connectivity index (χ0v) is 12.6. The molecule has 4 heteroatoms. The van der Waals surface area contributed by atoms with Gasteiger partial charge >= 0.3 is 0 Å². The third kappa shape index (κ3) is 3.11. The second-order valence-electron chi connectivity index (χ2n) is 6.00. The first kappa shape index (κ1) is 14.2. The van der Waals surface area contributed by atoms with Gasteiger partial charge in [0.2, 0.25) is 0 Å². The van der Waals surface area contributed by atoms with Gasteiger partial charge in [0.25, 0.3) is 0 Å². The molecule has 1 aromatic carbocycles. The lowest BCUT2D eigenvalue weighted by Gasteiger charge is -2.37. The summed E-state index contributed by atoms with van der Waals surface area (Å²) in [5.74, 6) is 0.488. The van der Waals surface area contributed by atoms with Gasteiger partial charge in [-0.05, 0) is 30.9 Å². The molecule has 20 heavy (non-hydrogen) atoms. The average Bonchev–Trinajstić information content (AvgIpc) is 2.86. The number of anilines is 1. The van der Waals surface area contributed by atoms with Gasteiger partial charge in [-0.15, -0.1) is 0 Å². The molecule has 1 heterocycles. The zero-order chi connectivity index (χ0) is 13.9. The fourth-order valence-electron chi connectivity index (χ4n) is 3.44. The number of aliphatic hydroxyl groups excluding tert-OH is 1. The Kier molecular flexibility index (Phi) is 4.49. The smallest absolute Gasteiger partial charge is 0.0639 e. The fraction of sp³-hybridized carbons (Fsp3) is 0.625. The van der Waals surface area contributed by atoms with Crippen molar-refractivity contribution in [1.82, 2.24) is 4.90 Å². The summed E-state index contributed by atoms with van der Waals surface area (Å²) in [6.45, 7) is 5.22. The lowest BCUT2D eigenvalue weighted by Crippen LogP contribution is -2.48. The molecule has 3 rings (SSSR count). The number of nitrogens with zero attached hydrogens (tertiary/aromatic N) is 2. The molecule has 1 saturated carbocycles. The summed E-state index contributed by atoms with van der Waals surface area (Å²) in [6.07, 6.45) is 3.29. The van der Waals surface area contributed by atoms with Crippen LogP contribution in [0.2, 0.25) is 5.02 Å². The minimum absolute atomic E-state index is 0.0726. The number of aliphatic hydroxyl groups is 1. The van der Waals surface area contributed by atoms with Crippen LogP contribution in [0.15, 0.2) is 24.3 Å². The Morgan fingerprint density at radius 2 is 1.85 bits per heavy atom. The summed E-state index contributed by atoms with van der Waals surface area (Å²) >= 11 is 6.26. The molecular formula is C16H23ClN2O. The van der Waals surface area contributed by atoms with Crippen molar-refractivity contribution in [1.29, 1.82) is 0 Å². The summed E-state index contributed by atoms with van der Waals surface area (Å²) in [7, 11) is 0. The molecule has 0 radical (unpaired) electrons. The van der Waals surface area contributed by atoms with Crippen LogP contribution in [0.4, 0.5) is 5.69 Å². The van der Waals surface area contributed by atoms with Crippen molar-refractivity contribution in [3.8, 4) is 0 Å². The van der Waals surface area contributed by atoms with E-state index in [2.05, 4.69) is 15.9 Å². The fourth-order valence-corrected chi connectivity index (χ4v) is 3.70. The molecule has 1 N–H and O–H groups in total. The molecule has 0 aromatic heterocycles. The van der Waals surface area contributed by atoms with Gasteiger partial charge in [0, 0.05) is 32.7 Å². The lowest BCUT2D eigenvalue weighted by atomic mass is 10.0. The van der Waals surface area contributed by atoms with Crippen LogP contribution in [0.1, 0.15) is 19.3 Å². The van der Waals surface area contributed by atoms with E-state index in [1.54, 1.807) is 0 Å². The number of para-hydroxylation sites is 1. The molecule has 0 amide bonds. The highest BCUT2D eigenvalue weighted by atomic mass is 35.5. The zero-order valence-electron chi connectivity index (χ0n) is 11.8. The van der Waals surface area contributed by atoms with Gasteiger partial charge in [-0.3, -0.25) is 4.90 Å². The Morgan fingerprint density at radius 3 is 2.50 bits per heavy atom. The Hall–Kier alpha value is -0.770. The van der Waals surface area contributed by atoms with E-state index in [-0.39, 0.29) is 6.10 Å². The standard InChI is InChI=1S/C16H23ClN2O/c17-14-5-1-2-6-15(14)19-10-8-18(9-11-19)12-13-4-3-7-16(13)20/h1-2,5-6,13,16,20H,3-4,7-12H2. The number of rotatable bonds is 3. The molecule has 2 aliphatic rings. The third-order valence-corrected chi connectivity index (χ3v) is 5.00. The van der Waals surface area contributed by atoms with E-state index < -0.39 is 0 Å². The van der Waals surface area contributed by atoms with Gasteiger partial charge in [0.1, 0.15) is 0 Å². The molecule has 2 atom stereocenters. The summed E-state index contributed by atoms with van der Waals surface area (Å²) in [6, 6.07) is 8.07. The van der Waals surface area contributed by atoms with E-state index in [0.29, 0.717) is 5.92 Å². The van der Waals surface area contributed by atoms with Crippen LogP contribution < -0.4 is 4.90 Å². The van der Waals surface area contributed by atoms with Crippen LogP contribution in [0.25, 0.3) is 0 Å². The first-order valence-electron chi connectivity index (χ1n) is 7.64. The monoisotopic (exact) mass is 294 g/mol. The van der Waals surface area contributed by atoms with Gasteiger partial charge < -0.3 is 10.0 Å². The molecule has 3 nitrogen and oxygen atoms in total. The molecule has 1 aliphatic carbocycles. The molecular weight excluding hydrogens is 272 g/mol. The Balaban J connectivity index is 1.53. The number of benzene rings is 1. The van der Waals surface area contributed by atoms with Crippen LogP contribution in [0.5, 0.6) is 0 Å². The molecule has 1 saturated heterocycles. The molecule has 0 spiro atoms. The maximum atomic E-state index is 9.93. The highest BCUT2D eigenvalue weighted by Crippen LogP contribution is 2.28. The molecule has 1 aliphatic heterocycles. The minimum Gasteiger partial charge on any atom is -0.393 e. The van der Waals surface area contributed by atoms with E-state index in [4.69, 9.17) is 11.6 Å². The predicted molar refractivity (Wildman–Crippen MR) is 83.5 cm³/mol. The summed E-state index contributed by atoms with van der Waals surface area (Å²) < 4.78 is 0. The number of piperazine rings is 1. The normalized spacial score (nSPS) is 28.0. The van der Waals surface area contributed by atoms with E-state index in [1.807, 2.05) is 18.2 Å². The Morgan fingerprint density at radius 1 is 1.10 bits per heavy atom. The van der Waals surface area contributed by atoms with Crippen LogP contribution in [-0.4, -0.2) is 48.8 Å². The molecule has 2 fully saturated rings. The van der Waals surface area contributed by atoms with Gasteiger partial charge in [-0.1, -0.05) is 30.2 Å². The van der Waals surface area contributed by atoms with E-state index in [1.165, 1.54) is 12.8 Å². The second kappa shape index (κ2) is 6.33. The van der Waals surface area contributed by atoms with E-state index in [0.717, 1.165) is 49.9 Å². The minimum atomic E-state index is -0.0726. The maximum Gasteiger partial charge on any atom is 0.0639 e. The van der Waals surface area contributed by atoms with Crippen LogP contribution in [-0.2, 0) is 0 Å². The second-order valence-corrected chi connectivity index (χ2v) is 6.40. The van der Waals surface area contributed by atoms with Crippen LogP contribution in [0.3, 0.4) is 0 Å². The highest BCUT2D eigenvalue weighted by Gasteiger charge is 2.28. The first-order chi connectivity index (χ1) is 9.74. The van der Waals surface area contributed by atoms with Gasteiger partial charge in [-0.2, -0.15) is 0 Å². The maximum absolute atomic E-state index is 9.93. The average molecular weight is 295 g/mol. The third-order valence-electron chi connectivity index (χ3n) is 4.68. The van der Waals surface area contributed by atoms with E-state index in [9.17, 15) is 5.11 Å². The number of hydrogen-bond acceptors (Lipinski definition) is 3. The summed E-state index contributed by atoms with van der Waals surface area (Å²) in [5.41, 5.74) is 1.15. The quantitative estimate of drug-likeness (QED) is 0.928. The van der Waals surface area contributed by atoms with Crippen molar-refractivity contribution in [2.45, 2.75) is 25.4 Å². The van der Waals surface area contributed by atoms with Crippen molar-refractivity contribution >= 4 is 17.3 Å². The number of hydrogen-bond donors (Lipinski definition) is 1. The number of halogens is 1. The van der Waals surface area contributed by atoms with Crippen LogP contribution in [0, 0.1) is 5.92 Å². The Bertz CT molecular complexity index is 446. The highest BCUT2D eigenvalue weighted by molar-refractivity contribution is 6.33.